The first-order chi connectivity index (χ1) is 10.8. The highest BCUT2D eigenvalue weighted by Gasteiger charge is 2.16. The molecule has 0 saturated heterocycles. The zero-order valence-electron chi connectivity index (χ0n) is 12.2. The van der Waals surface area contributed by atoms with Crippen LogP contribution in [0.25, 0.3) is 10.9 Å². The van der Waals surface area contributed by atoms with Crippen molar-refractivity contribution in [1.82, 2.24) is 10.3 Å². The molecule has 110 valence electrons. The molecule has 3 rings (SSSR count). The average molecular weight is 292 g/mol. The summed E-state index contributed by atoms with van der Waals surface area (Å²) in [6.07, 6.45) is 1.58. The van der Waals surface area contributed by atoms with Crippen LogP contribution in [0.4, 0.5) is 0 Å². The van der Waals surface area contributed by atoms with Crippen LogP contribution < -0.4 is 10.1 Å². The number of methoxy groups -OCH3 is 1. The minimum Gasteiger partial charge on any atom is -0.494 e. The number of fused-ring (bicyclic) bond motifs is 1. The maximum Gasteiger partial charge on any atom is 0.256 e. The molecule has 1 aromatic heterocycles. The van der Waals surface area contributed by atoms with E-state index in [1.54, 1.807) is 13.3 Å². The second-order valence-electron chi connectivity index (χ2n) is 4.89. The molecule has 0 aliphatic rings. The molecule has 0 fully saturated rings. The number of benzene rings is 2. The number of carbonyl (C=O) groups excluding carboxylic acids is 1. The molecule has 1 N–H and O–H groups in total. The molecule has 0 atom stereocenters. The molecule has 1 heterocycles. The second-order valence-corrected chi connectivity index (χ2v) is 4.89. The third kappa shape index (κ3) is 2.76. The van der Waals surface area contributed by atoms with Gasteiger partial charge in [0.25, 0.3) is 5.91 Å². The van der Waals surface area contributed by atoms with Crippen LogP contribution in [0.5, 0.6) is 5.75 Å². The van der Waals surface area contributed by atoms with Gasteiger partial charge >= 0.3 is 0 Å². The summed E-state index contributed by atoms with van der Waals surface area (Å²) in [7, 11) is 1.54. The fourth-order valence-corrected chi connectivity index (χ4v) is 2.38. The van der Waals surface area contributed by atoms with E-state index in [4.69, 9.17) is 4.74 Å². The molecular formula is C18H16N2O2. The van der Waals surface area contributed by atoms with Gasteiger partial charge in [-0.15, -0.1) is 0 Å². The third-order valence-corrected chi connectivity index (χ3v) is 3.48. The molecule has 0 spiro atoms. The van der Waals surface area contributed by atoms with Crippen LogP contribution in [0.3, 0.4) is 0 Å². The molecule has 0 radical (unpaired) electrons. The van der Waals surface area contributed by atoms with Crippen molar-refractivity contribution in [3.63, 3.8) is 0 Å². The lowest BCUT2D eigenvalue weighted by atomic mass is 10.1. The van der Waals surface area contributed by atoms with E-state index in [9.17, 15) is 4.79 Å². The number of rotatable bonds is 4. The van der Waals surface area contributed by atoms with Gasteiger partial charge in [-0.1, -0.05) is 48.5 Å². The van der Waals surface area contributed by atoms with Crippen LogP contribution in [0, 0.1) is 0 Å². The van der Waals surface area contributed by atoms with E-state index in [1.165, 1.54) is 0 Å². The third-order valence-electron chi connectivity index (χ3n) is 3.48. The Labute approximate surface area is 128 Å². The predicted octanol–water partition coefficient (Wildman–Crippen LogP) is 3.17. The van der Waals surface area contributed by atoms with Crippen LogP contribution in [-0.2, 0) is 6.54 Å². The number of carbonyl (C=O) groups is 1. The zero-order valence-corrected chi connectivity index (χ0v) is 12.2. The summed E-state index contributed by atoms with van der Waals surface area (Å²) in [6, 6.07) is 17.3. The first-order valence-electron chi connectivity index (χ1n) is 7.03. The largest absolute Gasteiger partial charge is 0.494 e. The molecule has 0 bridgehead atoms. The Bertz CT molecular complexity index is 801. The standard InChI is InChI=1S/C18H16N2O2/c1-22-16-12-19-15-10-6-5-9-14(15)17(16)18(21)20-11-13-7-3-2-4-8-13/h2-10,12H,11H2,1H3,(H,20,21). The first kappa shape index (κ1) is 14.1. The van der Waals surface area contributed by atoms with Gasteiger partial charge in [-0.05, 0) is 11.6 Å². The van der Waals surface area contributed by atoms with Gasteiger partial charge < -0.3 is 10.1 Å². The molecule has 22 heavy (non-hydrogen) atoms. The molecule has 0 aliphatic carbocycles. The van der Waals surface area contributed by atoms with Gasteiger partial charge in [0.1, 0.15) is 0 Å². The number of nitrogens with one attached hydrogen (secondary N) is 1. The number of para-hydroxylation sites is 1. The topological polar surface area (TPSA) is 51.2 Å². The Morgan fingerprint density at radius 1 is 1.09 bits per heavy atom. The Morgan fingerprint density at radius 2 is 1.82 bits per heavy atom. The van der Waals surface area contributed by atoms with Crippen LogP contribution in [-0.4, -0.2) is 18.0 Å². The van der Waals surface area contributed by atoms with Gasteiger partial charge in [0.2, 0.25) is 0 Å². The average Bonchev–Trinajstić information content (AvgIpc) is 2.59. The van der Waals surface area contributed by atoms with Crippen molar-refractivity contribution in [3.05, 3.63) is 71.9 Å². The minimum absolute atomic E-state index is 0.167. The van der Waals surface area contributed by atoms with Gasteiger partial charge in [-0.25, -0.2) is 0 Å². The predicted molar refractivity (Wildman–Crippen MR) is 85.9 cm³/mol. The lowest BCUT2D eigenvalue weighted by molar-refractivity contribution is 0.0949. The van der Waals surface area contributed by atoms with Crippen molar-refractivity contribution in [2.24, 2.45) is 0 Å². The lowest BCUT2D eigenvalue weighted by Crippen LogP contribution is -2.23. The molecule has 2 aromatic carbocycles. The second kappa shape index (κ2) is 6.26. The van der Waals surface area contributed by atoms with Gasteiger partial charge in [0, 0.05) is 11.9 Å². The van der Waals surface area contributed by atoms with Crippen molar-refractivity contribution in [2.45, 2.75) is 6.54 Å². The molecule has 0 unspecified atom stereocenters. The number of hydrogen-bond acceptors (Lipinski definition) is 3. The summed E-state index contributed by atoms with van der Waals surface area (Å²) >= 11 is 0. The number of ether oxygens (including phenoxy) is 1. The molecule has 4 nitrogen and oxygen atoms in total. The lowest BCUT2D eigenvalue weighted by Gasteiger charge is -2.11. The van der Waals surface area contributed by atoms with Gasteiger partial charge in [0.05, 0.1) is 24.4 Å². The van der Waals surface area contributed by atoms with Gasteiger partial charge in [-0.2, -0.15) is 0 Å². The Morgan fingerprint density at radius 3 is 2.59 bits per heavy atom. The molecule has 3 aromatic rings. The van der Waals surface area contributed by atoms with Crippen LogP contribution >= 0.6 is 0 Å². The van der Waals surface area contributed by atoms with E-state index in [2.05, 4.69) is 10.3 Å². The number of aromatic nitrogens is 1. The summed E-state index contributed by atoms with van der Waals surface area (Å²) in [4.78, 5) is 16.9. The minimum atomic E-state index is -0.167. The van der Waals surface area contributed by atoms with Crippen molar-refractivity contribution in [3.8, 4) is 5.75 Å². The molecule has 1 amide bonds. The molecule has 0 aliphatic heterocycles. The van der Waals surface area contributed by atoms with E-state index < -0.39 is 0 Å². The van der Waals surface area contributed by atoms with Crippen molar-refractivity contribution in [1.29, 1.82) is 0 Å². The number of pyridine rings is 1. The van der Waals surface area contributed by atoms with Crippen molar-refractivity contribution >= 4 is 16.8 Å². The smallest absolute Gasteiger partial charge is 0.256 e. The van der Waals surface area contributed by atoms with E-state index in [0.717, 1.165) is 16.5 Å². The van der Waals surface area contributed by atoms with Crippen LogP contribution in [0.15, 0.2) is 60.8 Å². The summed E-state index contributed by atoms with van der Waals surface area (Å²) in [5, 5.41) is 3.72. The SMILES string of the molecule is COc1cnc2ccccc2c1C(=O)NCc1ccccc1. The zero-order chi connectivity index (χ0) is 15.4. The Balaban J connectivity index is 1.92. The fourth-order valence-electron chi connectivity index (χ4n) is 2.38. The normalized spacial score (nSPS) is 10.4. The van der Waals surface area contributed by atoms with E-state index in [0.29, 0.717) is 17.9 Å². The van der Waals surface area contributed by atoms with Crippen LogP contribution in [0.2, 0.25) is 0 Å². The number of hydrogen-bond donors (Lipinski definition) is 1. The van der Waals surface area contributed by atoms with E-state index >= 15 is 0 Å². The first-order valence-corrected chi connectivity index (χ1v) is 7.03. The van der Waals surface area contributed by atoms with E-state index in [1.807, 2.05) is 54.6 Å². The summed E-state index contributed by atoms with van der Waals surface area (Å²) in [5.41, 5.74) is 2.34. The maximum absolute atomic E-state index is 12.6. The molecule has 0 saturated carbocycles. The summed E-state index contributed by atoms with van der Waals surface area (Å²) in [6.45, 7) is 0.472. The Hall–Kier alpha value is -2.88. The quantitative estimate of drug-likeness (QED) is 0.803. The Kier molecular flexibility index (Phi) is 4.01. The fraction of sp³-hybridized carbons (Fsp3) is 0.111. The monoisotopic (exact) mass is 292 g/mol. The van der Waals surface area contributed by atoms with Crippen molar-refractivity contribution < 1.29 is 9.53 Å². The number of amides is 1. The molecule has 4 heteroatoms. The summed E-state index contributed by atoms with van der Waals surface area (Å²) < 4.78 is 5.30. The van der Waals surface area contributed by atoms with Gasteiger partial charge in [-0.3, -0.25) is 9.78 Å². The van der Waals surface area contributed by atoms with Crippen molar-refractivity contribution in [2.75, 3.05) is 7.11 Å². The summed E-state index contributed by atoms with van der Waals surface area (Å²) in [5.74, 6) is 0.309. The highest BCUT2D eigenvalue weighted by Crippen LogP contribution is 2.25. The maximum atomic E-state index is 12.6. The highest BCUT2D eigenvalue weighted by atomic mass is 16.5. The molecular weight excluding hydrogens is 276 g/mol. The highest BCUT2D eigenvalue weighted by molar-refractivity contribution is 6.08. The van der Waals surface area contributed by atoms with E-state index in [-0.39, 0.29) is 5.91 Å². The van der Waals surface area contributed by atoms with Crippen LogP contribution in [0.1, 0.15) is 15.9 Å². The number of nitrogens with zero attached hydrogens (tertiary/aromatic N) is 1. The van der Waals surface area contributed by atoms with Gasteiger partial charge in [0.15, 0.2) is 5.75 Å².